The molecule has 0 bridgehead atoms. The van der Waals surface area contributed by atoms with E-state index in [4.69, 9.17) is 11.5 Å². The van der Waals surface area contributed by atoms with Gasteiger partial charge in [0.05, 0.1) is 0 Å². The van der Waals surface area contributed by atoms with Crippen molar-refractivity contribution in [1.82, 2.24) is 4.98 Å². The van der Waals surface area contributed by atoms with Crippen LogP contribution >= 0.6 is 0 Å². The van der Waals surface area contributed by atoms with E-state index >= 15 is 0 Å². The van der Waals surface area contributed by atoms with Gasteiger partial charge in [-0.25, -0.2) is 0 Å². The molecular weight excluding hydrogens is 186 g/mol. The van der Waals surface area contributed by atoms with Gasteiger partial charge in [-0.15, -0.1) is 0 Å². The van der Waals surface area contributed by atoms with Gasteiger partial charge in [0, 0.05) is 17.8 Å². The average Bonchev–Trinajstić information content (AvgIpc) is 2.30. The molecule has 0 radical (unpaired) electrons. The average molecular weight is 207 g/mol. The number of hydrogen-bond acceptors (Lipinski definition) is 3. The highest BCUT2D eigenvalue weighted by Crippen LogP contribution is 2.27. The third kappa shape index (κ3) is 3.01. The minimum absolute atomic E-state index is 0.377. The zero-order chi connectivity index (χ0) is 11.3. The van der Waals surface area contributed by atoms with Gasteiger partial charge in [0.2, 0.25) is 0 Å². The Kier molecular flexibility index (Phi) is 4.72. The first-order valence-electron chi connectivity index (χ1n) is 5.51. The lowest BCUT2D eigenvalue weighted by Crippen LogP contribution is -2.31. The van der Waals surface area contributed by atoms with Gasteiger partial charge >= 0.3 is 0 Å². The molecule has 84 valence electrons. The summed E-state index contributed by atoms with van der Waals surface area (Å²) in [5.74, 6) is 1.25. The fourth-order valence-corrected chi connectivity index (χ4v) is 1.85. The van der Waals surface area contributed by atoms with E-state index in [2.05, 4.69) is 24.9 Å². The maximum Gasteiger partial charge on any atom is 0.0434 e. The fraction of sp³-hybridized carbons (Fsp3) is 0.583. The highest BCUT2D eigenvalue weighted by atomic mass is 14.7. The Labute approximate surface area is 91.9 Å². The second kappa shape index (κ2) is 5.83. The molecule has 0 aliphatic carbocycles. The predicted octanol–water partition coefficient (Wildman–Crippen LogP) is 1.35. The molecule has 0 saturated carbocycles. The van der Waals surface area contributed by atoms with Gasteiger partial charge in [-0.1, -0.05) is 19.9 Å². The van der Waals surface area contributed by atoms with E-state index in [1.165, 1.54) is 0 Å². The van der Waals surface area contributed by atoms with Crippen LogP contribution in [0.3, 0.4) is 0 Å². The van der Waals surface area contributed by atoms with Crippen LogP contribution in [0.1, 0.15) is 25.5 Å². The SMILES string of the molecule is CC(c1ccccn1)C(C)C(CN)CN. The van der Waals surface area contributed by atoms with Crippen molar-refractivity contribution in [3.8, 4) is 0 Å². The Morgan fingerprint density at radius 3 is 2.33 bits per heavy atom. The van der Waals surface area contributed by atoms with Crippen molar-refractivity contribution in [3.05, 3.63) is 30.1 Å². The van der Waals surface area contributed by atoms with Crippen LogP contribution in [0.4, 0.5) is 0 Å². The Bertz CT molecular complexity index is 269. The van der Waals surface area contributed by atoms with Gasteiger partial charge in [-0.2, -0.15) is 0 Å². The molecule has 15 heavy (non-hydrogen) atoms. The second-order valence-electron chi connectivity index (χ2n) is 4.13. The molecule has 1 rings (SSSR count). The molecular formula is C12H21N3. The number of hydrogen-bond donors (Lipinski definition) is 2. The Morgan fingerprint density at radius 1 is 1.20 bits per heavy atom. The first-order valence-corrected chi connectivity index (χ1v) is 5.51. The van der Waals surface area contributed by atoms with E-state index in [-0.39, 0.29) is 0 Å². The molecule has 2 atom stereocenters. The van der Waals surface area contributed by atoms with Crippen molar-refractivity contribution in [2.75, 3.05) is 13.1 Å². The maximum absolute atomic E-state index is 5.70. The van der Waals surface area contributed by atoms with Gasteiger partial charge in [0.15, 0.2) is 0 Å². The summed E-state index contributed by atoms with van der Waals surface area (Å²) in [4.78, 5) is 4.37. The molecule has 0 amide bonds. The number of aromatic nitrogens is 1. The topological polar surface area (TPSA) is 64.9 Å². The third-order valence-corrected chi connectivity index (χ3v) is 3.29. The van der Waals surface area contributed by atoms with Gasteiger partial charge in [-0.05, 0) is 37.1 Å². The summed E-state index contributed by atoms with van der Waals surface area (Å²) in [7, 11) is 0. The standard InChI is InChI=1S/C12H21N3/c1-9(11(7-13)8-14)10(2)12-5-3-4-6-15-12/h3-6,9-11H,7-8,13-14H2,1-2H3. The minimum atomic E-state index is 0.377. The highest BCUT2D eigenvalue weighted by Gasteiger charge is 2.22. The van der Waals surface area contributed by atoms with Crippen molar-refractivity contribution in [3.63, 3.8) is 0 Å². The lowest BCUT2D eigenvalue weighted by Gasteiger charge is -2.26. The lowest BCUT2D eigenvalue weighted by atomic mass is 9.82. The van der Waals surface area contributed by atoms with Crippen molar-refractivity contribution in [2.24, 2.45) is 23.3 Å². The van der Waals surface area contributed by atoms with Crippen LogP contribution in [0.2, 0.25) is 0 Å². The lowest BCUT2D eigenvalue weighted by molar-refractivity contribution is 0.325. The molecule has 3 heteroatoms. The smallest absolute Gasteiger partial charge is 0.0434 e. The molecule has 0 aliphatic heterocycles. The maximum atomic E-state index is 5.70. The van der Waals surface area contributed by atoms with E-state index in [0.717, 1.165) is 5.69 Å². The van der Waals surface area contributed by atoms with Crippen LogP contribution in [0, 0.1) is 11.8 Å². The molecule has 0 spiro atoms. The van der Waals surface area contributed by atoms with Crippen molar-refractivity contribution in [1.29, 1.82) is 0 Å². The molecule has 0 fully saturated rings. The van der Waals surface area contributed by atoms with Gasteiger partial charge < -0.3 is 11.5 Å². The summed E-state index contributed by atoms with van der Waals surface area (Å²) in [6.07, 6.45) is 1.83. The van der Waals surface area contributed by atoms with E-state index in [9.17, 15) is 0 Å². The zero-order valence-corrected chi connectivity index (χ0v) is 9.56. The number of nitrogens with two attached hydrogens (primary N) is 2. The molecule has 2 unspecified atom stereocenters. The monoisotopic (exact) mass is 207 g/mol. The minimum Gasteiger partial charge on any atom is -0.330 e. The molecule has 1 heterocycles. The molecule has 1 aromatic rings. The Morgan fingerprint density at radius 2 is 1.87 bits per heavy atom. The van der Waals surface area contributed by atoms with Crippen LogP contribution in [0.25, 0.3) is 0 Å². The molecule has 4 N–H and O–H groups in total. The number of pyridine rings is 1. The van der Waals surface area contributed by atoms with Crippen LogP contribution in [0.5, 0.6) is 0 Å². The van der Waals surface area contributed by atoms with Gasteiger partial charge in [0.1, 0.15) is 0 Å². The first-order chi connectivity index (χ1) is 7.20. The quantitative estimate of drug-likeness (QED) is 0.766. The van der Waals surface area contributed by atoms with Crippen LogP contribution < -0.4 is 11.5 Å². The zero-order valence-electron chi connectivity index (χ0n) is 9.56. The normalized spacial score (nSPS) is 15.3. The van der Waals surface area contributed by atoms with E-state index in [0.29, 0.717) is 30.8 Å². The molecule has 0 saturated heterocycles. The molecule has 1 aromatic heterocycles. The third-order valence-electron chi connectivity index (χ3n) is 3.29. The molecule has 3 nitrogen and oxygen atoms in total. The van der Waals surface area contributed by atoms with Gasteiger partial charge in [0.25, 0.3) is 0 Å². The summed E-state index contributed by atoms with van der Waals surface area (Å²) >= 11 is 0. The first kappa shape index (κ1) is 12.1. The molecule has 0 aromatic carbocycles. The van der Waals surface area contributed by atoms with Crippen molar-refractivity contribution >= 4 is 0 Å². The van der Waals surface area contributed by atoms with E-state index in [1.807, 2.05) is 18.3 Å². The van der Waals surface area contributed by atoms with E-state index < -0.39 is 0 Å². The largest absolute Gasteiger partial charge is 0.330 e. The number of nitrogens with zero attached hydrogens (tertiary/aromatic N) is 1. The summed E-state index contributed by atoms with van der Waals surface area (Å²) in [6, 6.07) is 6.01. The summed E-state index contributed by atoms with van der Waals surface area (Å²) < 4.78 is 0. The predicted molar refractivity (Wildman–Crippen MR) is 63.4 cm³/mol. The molecule has 0 aliphatic rings. The van der Waals surface area contributed by atoms with Crippen molar-refractivity contribution < 1.29 is 0 Å². The van der Waals surface area contributed by atoms with Crippen molar-refractivity contribution in [2.45, 2.75) is 19.8 Å². The number of rotatable bonds is 5. The van der Waals surface area contributed by atoms with Gasteiger partial charge in [-0.3, -0.25) is 4.98 Å². The van der Waals surface area contributed by atoms with E-state index in [1.54, 1.807) is 0 Å². The highest BCUT2D eigenvalue weighted by molar-refractivity contribution is 5.09. The summed E-state index contributed by atoms with van der Waals surface area (Å²) in [5, 5.41) is 0. The van der Waals surface area contributed by atoms with Crippen LogP contribution in [0.15, 0.2) is 24.4 Å². The van der Waals surface area contributed by atoms with Crippen LogP contribution in [-0.4, -0.2) is 18.1 Å². The Balaban J connectivity index is 2.71. The summed E-state index contributed by atoms with van der Waals surface area (Å²) in [6.45, 7) is 5.68. The second-order valence-corrected chi connectivity index (χ2v) is 4.13. The fourth-order valence-electron chi connectivity index (χ4n) is 1.85. The Hall–Kier alpha value is -0.930. The van der Waals surface area contributed by atoms with Crippen LogP contribution in [-0.2, 0) is 0 Å². The summed E-state index contributed by atoms with van der Waals surface area (Å²) in [5.41, 5.74) is 12.5.